The number of amides is 1. The lowest BCUT2D eigenvalue weighted by molar-refractivity contribution is -0.153. The number of carboxylic acid groups (broad SMARTS) is 2. The molecule has 0 fully saturated rings. The van der Waals surface area contributed by atoms with Crippen LogP contribution in [0.15, 0.2) is 18.3 Å². The van der Waals surface area contributed by atoms with Gasteiger partial charge in [-0.2, -0.15) is 0 Å². The van der Waals surface area contributed by atoms with Gasteiger partial charge in [-0.25, -0.2) is 14.0 Å². The number of aromatic nitrogens is 1. The van der Waals surface area contributed by atoms with Crippen LogP contribution in [0.3, 0.4) is 0 Å². The van der Waals surface area contributed by atoms with E-state index in [1.54, 1.807) is 13.8 Å². The Morgan fingerprint density at radius 2 is 1.77 bits per heavy atom. The largest absolute Gasteiger partial charge is 0.479 e. The lowest BCUT2D eigenvalue weighted by Gasteiger charge is -2.30. The molecule has 0 aliphatic rings. The molecule has 3 N–H and O–H groups in total. The van der Waals surface area contributed by atoms with Crippen LogP contribution in [0.1, 0.15) is 32.4 Å². The van der Waals surface area contributed by atoms with Crippen LogP contribution in [-0.4, -0.2) is 39.1 Å². The first kappa shape index (κ1) is 17.5. The Kier molecular flexibility index (Phi) is 5.56. The van der Waals surface area contributed by atoms with Gasteiger partial charge in [0.05, 0.1) is 17.3 Å². The van der Waals surface area contributed by atoms with Crippen LogP contribution in [0.5, 0.6) is 0 Å². The molecule has 0 radical (unpaired) electrons. The average Bonchev–Trinajstić information content (AvgIpc) is 2.47. The molecule has 1 aromatic heterocycles. The van der Waals surface area contributed by atoms with Crippen LogP contribution in [0.25, 0.3) is 0 Å². The van der Waals surface area contributed by atoms with Gasteiger partial charge < -0.3 is 15.5 Å². The standard InChI is InChI=1S/C14H17FN2O5/c1-3-14(4-2,9-6-5-8(15)7-16-9)13(22)17-10(11(18)19)12(20)21/h5-7,10H,3-4H2,1-2H3,(H,17,22)(H,18,19)(H,20,21). The maximum absolute atomic E-state index is 13.0. The molecule has 0 saturated heterocycles. The third-order valence-electron chi connectivity index (χ3n) is 3.63. The molecule has 1 aromatic rings. The normalized spacial score (nSPS) is 11.3. The second-order valence-corrected chi connectivity index (χ2v) is 4.73. The van der Waals surface area contributed by atoms with Crippen LogP contribution >= 0.6 is 0 Å². The van der Waals surface area contributed by atoms with Gasteiger partial charge in [0.1, 0.15) is 5.82 Å². The van der Waals surface area contributed by atoms with Crippen molar-refractivity contribution < 1.29 is 29.0 Å². The summed E-state index contributed by atoms with van der Waals surface area (Å²) >= 11 is 0. The number of aliphatic carboxylic acids is 2. The number of hydrogen-bond donors (Lipinski definition) is 3. The summed E-state index contributed by atoms with van der Waals surface area (Å²) in [6.45, 7) is 3.37. The highest BCUT2D eigenvalue weighted by atomic mass is 19.1. The molecule has 1 rings (SSSR count). The number of rotatable bonds is 7. The number of halogens is 1. The molecule has 0 spiro atoms. The number of pyridine rings is 1. The maximum Gasteiger partial charge on any atom is 0.338 e. The Morgan fingerprint density at radius 3 is 2.14 bits per heavy atom. The van der Waals surface area contributed by atoms with E-state index in [2.05, 4.69) is 4.98 Å². The third-order valence-corrected chi connectivity index (χ3v) is 3.63. The van der Waals surface area contributed by atoms with E-state index in [0.717, 1.165) is 12.3 Å². The van der Waals surface area contributed by atoms with Crippen molar-refractivity contribution in [1.82, 2.24) is 10.3 Å². The molecular formula is C14H17FN2O5. The monoisotopic (exact) mass is 312 g/mol. The molecule has 0 aliphatic heterocycles. The fraction of sp³-hybridized carbons (Fsp3) is 0.429. The Labute approximate surface area is 126 Å². The van der Waals surface area contributed by atoms with Crippen LogP contribution < -0.4 is 5.32 Å². The number of carboxylic acids is 2. The molecule has 120 valence electrons. The summed E-state index contributed by atoms with van der Waals surface area (Å²) in [5, 5.41) is 19.7. The smallest absolute Gasteiger partial charge is 0.338 e. The van der Waals surface area contributed by atoms with Crippen LogP contribution in [-0.2, 0) is 19.8 Å². The first-order valence-corrected chi connectivity index (χ1v) is 6.67. The Morgan fingerprint density at radius 1 is 1.23 bits per heavy atom. The minimum Gasteiger partial charge on any atom is -0.479 e. The molecule has 0 aromatic carbocycles. The first-order valence-electron chi connectivity index (χ1n) is 6.67. The van der Waals surface area contributed by atoms with Crippen molar-refractivity contribution >= 4 is 17.8 Å². The number of carbonyl (C=O) groups excluding carboxylic acids is 1. The summed E-state index contributed by atoms with van der Waals surface area (Å²) in [4.78, 5) is 38.1. The summed E-state index contributed by atoms with van der Waals surface area (Å²) in [6, 6.07) is 0.422. The molecule has 1 amide bonds. The van der Waals surface area contributed by atoms with E-state index in [4.69, 9.17) is 10.2 Å². The van der Waals surface area contributed by atoms with E-state index >= 15 is 0 Å². The van der Waals surface area contributed by atoms with Crippen molar-refractivity contribution in [2.24, 2.45) is 0 Å². The van der Waals surface area contributed by atoms with Gasteiger partial charge in [0, 0.05) is 0 Å². The van der Waals surface area contributed by atoms with Gasteiger partial charge >= 0.3 is 11.9 Å². The molecule has 0 aliphatic carbocycles. The lowest BCUT2D eigenvalue weighted by atomic mass is 9.77. The van der Waals surface area contributed by atoms with Gasteiger partial charge in [-0.1, -0.05) is 13.8 Å². The van der Waals surface area contributed by atoms with Crippen LogP contribution in [0.4, 0.5) is 4.39 Å². The third kappa shape index (κ3) is 3.38. The molecular weight excluding hydrogens is 295 g/mol. The SMILES string of the molecule is CCC(CC)(C(=O)NC(C(=O)O)C(=O)O)c1ccc(F)cn1. The van der Waals surface area contributed by atoms with Crippen molar-refractivity contribution in [2.75, 3.05) is 0 Å². The van der Waals surface area contributed by atoms with E-state index in [1.165, 1.54) is 6.07 Å². The molecule has 22 heavy (non-hydrogen) atoms. The fourth-order valence-corrected chi connectivity index (χ4v) is 2.21. The molecule has 0 atom stereocenters. The predicted octanol–water partition coefficient (Wildman–Crippen LogP) is 0.933. The van der Waals surface area contributed by atoms with E-state index in [9.17, 15) is 18.8 Å². The second-order valence-electron chi connectivity index (χ2n) is 4.73. The summed E-state index contributed by atoms with van der Waals surface area (Å²) in [6.07, 6.45) is 1.45. The quantitative estimate of drug-likeness (QED) is 0.645. The molecule has 0 unspecified atom stereocenters. The second kappa shape index (κ2) is 6.97. The minimum absolute atomic E-state index is 0.250. The van der Waals surface area contributed by atoms with Crippen molar-refractivity contribution in [3.63, 3.8) is 0 Å². The molecule has 1 heterocycles. The average molecular weight is 312 g/mol. The highest BCUT2D eigenvalue weighted by Gasteiger charge is 2.41. The summed E-state index contributed by atoms with van der Waals surface area (Å²) in [7, 11) is 0. The van der Waals surface area contributed by atoms with E-state index in [0.29, 0.717) is 0 Å². The van der Waals surface area contributed by atoms with Gasteiger partial charge in [0.15, 0.2) is 0 Å². The number of nitrogens with one attached hydrogen (secondary N) is 1. The van der Waals surface area contributed by atoms with Gasteiger partial charge in [0.2, 0.25) is 11.9 Å². The van der Waals surface area contributed by atoms with Crippen LogP contribution in [0.2, 0.25) is 0 Å². The van der Waals surface area contributed by atoms with Gasteiger partial charge in [-0.3, -0.25) is 9.78 Å². The van der Waals surface area contributed by atoms with Crippen LogP contribution in [0, 0.1) is 5.82 Å². The van der Waals surface area contributed by atoms with Crippen molar-refractivity contribution in [3.8, 4) is 0 Å². The zero-order chi connectivity index (χ0) is 16.9. The Hall–Kier alpha value is -2.51. The number of nitrogens with zero attached hydrogens (tertiary/aromatic N) is 1. The maximum atomic E-state index is 13.0. The Balaban J connectivity index is 3.18. The minimum atomic E-state index is -2.05. The van der Waals surface area contributed by atoms with E-state index < -0.39 is 35.1 Å². The summed E-state index contributed by atoms with van der Waals surface area (Å²) in [5.74, 6) is -4.69. The number of carbonyl (C=O) groups is 3. The zero-order valence-corrected chi connectivity index (χ0v) is 12.2. The van der Waals surface area contributed by atoms with Crippen molar-refractivity contribution in [2.45, 2.75) is 38.1 Å². The topological polar surface area (TPSA) is 117 Å². The van der Waals surface area contributed by atoms with Crippen molar-refractivity contribution in [3.05, 3.63) is 29.8 Å². The van der Waals surface area contributed by atoms with E-state index in [-0.39, 0.29) is 18.5 Å². The first-order chi connectivity index (χ1) is 10.3. The van der Waals surface area contributed by atoms with E-state index in [1.807, 2.05) is 5.32 Å². The molecule has 0 saturated carbocycles. The predicted molar refractivity (Wildman–Crippen MR) is 73.7 cm³/mol. The highest BCUT2D eigenvalue weighted by molar-refractivity contribution is 6.02. The number of hydrogen-bond acceptors (Lipinski definition) is 4. The summed E-state index contributed by atoms with van der Waals surface area (Å²) in [5.41, 5.74) is -0.970. The lowest BCUT2D eigenvalue weighted by Crippen LogP contribution is -2.53. The van der Waals surface area contributed by atoms with Gasteiger partial charge in [0.25, 0.3) is 0 Å². The molecule has 0 bridgehead atoms. The molecule has 8 heteroatoms. The zero-order valence-electron chi connectivity index (χ0n) is 12.2. The highest BCUT2D eigenvalue weighted by Crippen LogP contribution is 2.30. The van der Waals surface area contributed by atoms with Gasteiger partial charge in [-0.15, -0.1) is 0 Å². The Bertz CT molecular complexity index is 555. The van der Waals surface area contributed by atoms with Gasteiger partial charge in [-0.05, 0) is 25.0 Å². The fourth-order valence-electron chi connectivity index (χ4n) is 2.21. The molecule has 7 nitrogen and oxygen atoms in total. The summed E-state index contributed by atoms with van der Waals surface area (Å²) < 4.78 is 13.0. The van der Waals surface area contributed by atoms with Crippen molar-refractivity contribution in [1.29, 1.82) is 0 Å².